The minimum atomic E-state index is 0.694. The number of ether oxygens (including phenoxy) is 1. The topological polar surface area (TPSA) is 41.7 Å². The normalized spacial score (nSPS) is 23.5. The summed E-state index contributed by atoms with van der Waals surface area (Å²) < 4.78 is 11.7. The minimum Gasteiger partial charge on any atom is -0.494 e. The van der Waals surface area contributed by atoms with E-state index in [1.807, 2.05) is 30.5 Å². The first-order chi connectivity index (χ1) is 14.7. The van der Waals surface area contributed by atoms with Crippen molar-refractivity contribution in [2.45, 2.75) is 52.5 Å². The van der Waals surface area contributed by atoms with Crippen LogP contribution in [0.25, 0.3) is 11.5 Å². The quantitative estimate of drug-likeness (QED) is 0.567. The van der Waals surface area contributed by atoms with E-state index in [4.69, 9.17) is 14.1 Å². The summed E-state index contributed by atoms with van der Waals surface area (Å²) in [5.41, 5.74) is 2.02. The zero-order valence-electron chi connectivity index (χ0n) is 18.7. The van der Waals surface area contributed by atoms with Crippen molar-refractivity contribution in [1.29, 1.82) is 0 Å². The number of aromatic nitrogens is 1. The molecule has 0 aliphatic carbocycles. The molecular weight excluding hydrogens is 374 g/mol. The van der Waals surface area contributed by atoms with E-state index in [9.17, 15) is 0 Å². The highest BCUT2D eigenvalue weighted by Gasteiger charge is 2.22. The lowest BCUT2D eigenvalue weighted by Crippen LogP contribution is -2.38. The molecule has 5 nitrogen and oxygen atoms in total. The van der Waals surface area contributed by atoms with Gasteiger partial charge in [0.05, 0.1) is 12.3 Å². The number of hydrogen-bond donors (Lipinski definition) is 0. The lowest BCUT2D eigenvalue weighted by Gasteiger charge is -2.34. The van der Waals surface area contributed by atoms with E-state index in [2.05, 4.69) is 23.6 Å². The first-order valence-electron chi connectivity index (χ1n) is 11.8. The zero-order chi connectivity index (χ0) is 20.8. The first kappa shape index (κ1) is 21.4. The molecule has 164 valence electrons. The van der Waals surface area contributed by atoms with Crippen LogP contribution in [0.1, 0.15) is 51.6 Å². The highest BCUT2D eigenvalue weighted by atomic mass is 16.5. The van der Waals surface area contributed by atoms with Gasteiger partial charge >= 0.3 is 0 Å². The summed E-state index contributed by atoms with van der Waals surface area (Å²) in [5, 5.41) is 0. The largest absolute Gasteiger partial charge is 0.494 e. The molecule has 4 rings (SSSR count). The van der Waals surface area contributed by atoms with Gasteiger partial charge in [0.2, 0.25) is 5.89 Å². The third-order valence-electron chi connectivity index (χ3n) is 6.32. The second-order valence-electron chi connectivity index (χ2n) is 9.41. The van der Waals surface area contributed by atoms with Crippen molar-refractivity contribution >= 4 is 0 Å². The minimum absolute atomic E-state index is 0.694. The van der Waals surface area contributed by atoms with Gasteiger partial charge < -0.3 is 14.1 Å². The van der Waals surface area contributed by atoms with Crippen molar-refractivity contribution in [1.82, 2.24) is 14.8 Å². The Morgan fingerprint density at radius 2 is 1.73 bits per heavy atom. The van der Waals surface area contributed by atoms with Gasteiger partial charge in [-0.25, -0.2) is 4.98 Å². The second-order valence-corrected chi connectivity index (χ2v) is 9.41. The second kappa shape index (κ2) is 10.5. The molecule has 0 spiro atoms. The summed E-state index contributed by atoms with van der Waals surface area (Å²) in [6.45, 7) is 12.3. The number of oxazole rings is 1. The highest BCUT2D eigenvalue weighted by Crippen LogP contribution is 2.25. The number of piperidine rings is 2. The van der Waals surface area contributed by atoms with Crippen LogP contribution in [0, 0.1) is 11.8 Å². The third kappa shape index (κ3) is 6.08. The van der Waals surface area contributed by atoms with Crippen LogP contribution in [-0.4, -0.2) is 54.1 Å². The van der Waals surface area contributed by atoms with Gasteiger partial charge in [-0.1, -0.05) is 20.3 Å². The molecule has 2 saturated heterocycles. The summed E-state index contributed by atoms with van der Waals surface area (Å²) in [7, 11) is 0. The fourth-order valence-corrected chi connectivity index (χ4v) is 5.02. The van der Waals surface area contributed by atoms with Crippen molar-refractivity contribution in [2.75, 3.05) is 39.3 Å². The van der Waals surface area contributed by atoms with E-state index in [-0.39, 0.29) is 0 Å². The van der Waals surface area contributed by atoms with Crippen LogP contribution in [0.4, 0.5) is 0 Å². The Morgan fingerprint density at radius 3 is 2.47 bits per heavy atom. The van der Waals surface area contributed by atoms with Gasteiger partial charge in [0.25, 0.3) is 0 Å². The van der Waals surface area contributed by atoms with Crippen molar-refractivity contribution < 1.29 is 9.15 Å². The molecule has 0 bridgehead atoms. The van der Waals surface area contributed by atoms with Crippen LogP contribution < -0.4 is 4.74 Å². The molecule has 0 radical (unpaired) electrons. The number of benzene rings is 1. The van der Waals surface area contributed by atoms with Gasteiger partial charge in [0.1, 0.15) is 12.0 Å². The van der Waals surface area contributed by atoms with Crippen molar-refractivity contribution in [3.05, 3.63) is 36.2 Å². The van der Waals surface area contributed by atoms with Crippen molar-refractivity contribution in [3.8, 4) is 17.2 Å². The molecule has 0 N–H and O–H groups in total. The molecule has 2 aliphatic heterocycles. The Kier molecular flexibility index (Phi) is 7.45. The van der Waals surface area contributed by atoms with E-state index < -0.39 is 0 Å². The van der Waals surface area contributed by atoms with E-state index in [0.717, 1.165) is 68.0 Å². The number of likely N-dealkylation sites (tertiary alicyclic amines) is 2. The lowest BCUT2D eigenvalue weighted by molar-refractivity contribution is 0.133. The van der Waals surface area contributed by atoms with Gasteiger partial charge in [-0.3, -0.25) is 4.90 Å². The Hall–Kier alpha value is -1.85. The van der Waals surface area contributed by atoms with E-state index in [0.29, 0.717) is 5.89 Å². The molecule has 2 atom stereocenters. The predicted octanol–water partition coefficient (Wildman–Crippen LogP) is 5.07. The van der Waals surface area contributed by atoms with Crippen LogP contribution in [0.2, 0.25) is 0 Å². The predicted molar refractivity (Wildman–Crippen MR) is 121 cm³/mol. The smallest absolute Gasteiger partial charge is 0.226 e. The maximum absolute atomic E-state index is 5.93. The maximum atomic E-state index is 5.93. The molecule has 3 heterocycles. The van der Waals surface area contributed by atoms with Crippen LogP contribution in [0.3, 0.4) is 0 Å². The summed E-state index contributed by atoms with van der Waals surface area (Å²) in [4.78, 5) is 9.79. The third-order valence-corrected chi connectivity index (χ3v) is 6.32. The fraction of sp³-hybridized carbons (Fsp3) is 0.640. The summed E-state index contributed by atoms with van der Waals surface area (Å²) in [5.74, 6) is 3.13. The molecule has 0 saturated carbocycles. The number of nitrogens with zero attached hydrogens (tertiary/aromatic N) is 3. The summed E-state index contributed by atoms with van der Waals surface area (Å²) >= 11 is 0. The van der Waals surface area contributed by atoms with Crippen molar-refractivity contribution in [3.63, 3.8) is 0 Å². The van der Waals surface area contributed by atoms with Crippen LogP contribution in [0.5, 0.6) is 5.75 Å². The standard InChI is InChI=1S/C25H37N3O2/c1-20-15-21(2)17-28(16-20)18-23-19-30-25(26-23)22-7-9-24(10-8-22)29-14-6-13-27-11-4-3-5-12-27/h7-10,19-21H,3-6,11-18H2,1-2H3. The molecule has 5 heteroatoms. The SMILES string of the molecule is CC1CC(C)CN(Cc2coc(-c3ccc(OCCCN4CCCCC4)cc3)n2)C1. The molecule has 0 amide bonds. The van der Waals surface area contributed by atoms with Gasteiger partial charge in [-0.15, -0.1) is 0 Å². The Balaban J connectivity index is 1.24. The molecule has 2 unspecified atom stereocenters. The van der Waals surface area contributed by atoms with E-state index in [1.165, 1.54) is 38.8 Å². The summed E-state index contributed by atoms with van der Waals surface area (Å²) in [6.07, 6.45) is 8.31. The maximum Gasteiger partial charge on any atom is 0.226 e. The molecule has 30 heavy (non-hydrogen) atoms. The lowest BCUT2D eigenvalue weighted by atomic mass is 9.92. The molecule has 2 aliphatic rings. The van der Waals surface area contributed by atoms with Crippen LogP contribution in [-0.2, 0) is 6.54 Å². The van der Waals surface area contributed by atoms with E-state index >= 15 is 0 Å². The Morgan fingerprint density at radius 1 is 1.00 bits per heavy atom. The van der Waals surface area contributed by atoms with Crippen molar-refractivity contribution in [2.24, 2.45) is 11.8 Å². The Labute approximate surface area is 181 Å². The molecule has 1 aromatic heterocycles. The first-order valence-corrected chi connectivity index (χ1v) is 11.8. The number of rotatable bonds is 8. The van der Waals surface area contributed by atoms with Gasteiger partial charge in [-0.05, 0) is 74.9 Å². The van der Waals surface area contributed by atoms with E-state index in [1.54, 1.807) is 0 Å². The van der Waals surface area contributed by atoms with Gasteiger partial charge in [0, 0.05) is 31.7 Å². The number of hydrogen-bond acceptors (Lipinski definition) is 5. The zero-order valence-corrected chi connectivity index (χ0v) is 18.7. The molecule has 1 aromatic carbocycles. The van der Waals surface area contributed by atoms with Crippen LogP contribution in [0.15, 0.2) is 34.9 Å². The molecule has 2 aromatic rings. The van der Waals surface area contributed by atoms with Gasteiger partial charge in [-0.2, -0.15) is 0 Å². The van der Waals surface area contributed by atoms with Crippen LogP contribution >= 0.6 is 0 Å². The highest BCUT2D eigenvalue weighted by molar-refractivity contribution is 5.54. The summed E-state index contributed by atoms with van der Waals surface area (Å²) in [6, 6.07) is 8.13. The molecular formula is C25H37N3O2. The fourth-order valence-electron chi connectivity index (χ4n) is 5.02. The molecule has 2 fully saturated rings. The van der Waals surface area contributed by atoms with Gasteiger partial charge in [0.15, 0.2) is 0 Å². The monoisotopic (exact) mass is 411 g/mol. The Bertz CT molecular complexity index is 757. The average molecular weight is 412 g/mol. The average Bonchev–Trinajstić information content (AvgIpc) is 3.20.